The quantitative estimate of drug-likeness (QED) is 0.664. The fourth-order valence-electron chi connectivity index (χ4n) is 2.30. The van der Waals surface area contributed by atoms with Crippen molar-refractivity contribution in [3.63, 3.8) is 0 Å². The van der Waals surface area contributed by atoms with Gasteiger partial charge in [0.05, 0.1) is 10.2 Å². The van der Waals surface area contributed by atoms with Crippen molar-refractivity contribution >= 4 is 21.9 Å². The summed E-state index contributed by atoms with van der Waals surface area (Å²) in [4.78, 5) is 11.4. The van der Waals surface area contributed by atoms with Crippen molar-refractivity contribution < 1.29 is 9.90 Å². The molecule has 1 atom stereocenters. The maximum atomic E-state index is 11.4. The number of hydrogen-bond donors (Lipinski definition) is 2. The molecule has 0 aliphatic heterocycles. The number of nitrogens with one attached hydrogen (secondary N) is 1. The van der Waals surface area contributed by atoms with Crippen LogP contribution in [-0.2, 0) is 11.3 Å². The Balaban J connectivity index is 2.47. The van der Waals surface area contributed by atoms with Gasteiger partial charge in [-0.1, -0.05) is 6.92 Å². The molecule has 0 aliphatic carbocycles. The molecule has 0 spiro atoms. The van der Waals surface area contributed by atoms with Gasteiger partial charge >= 0.3 is 5.97 Å². The van der Waals surface area contributed by atoms with E-state index >= 15 is 0 Å². The highest BCUT2D eigenvalue weighted by Gasteiger charge is 2.31. The van der Waals surface area contributed by atoms with Gasteiger partial charge in [0.15, 0.2) is 0 Å². The maximum Gasteiger partial charge on any atom is 0.323 e. The molecule has 2 N–H and O–H groups in total. The predicted molar refractivity (Wildman–Crippen MR) is 87.6 cm³/mol. The molecule has 1 unspecified atom stereocenters. The third-order valence-corrected chi connectivity index (χ3v) is 4.97. The lowest BCUT2D eigenvalue weighted by Crippen LogP contribution is -2.49. The van der Waals surface area contributed by atoms with Gasteiger partial charge in [-0.2, -0.15) is 5.10 Å². The van der Waals surface area contributed by atoms with E-state index in [-0.39, 0.29) is 0 Å². The van der Waals surface area contributed by atoms with Gasteiger partial charge in [0.1, 0.15) is 5.54 Å². The molecule has 0 aliphatic rings. The zero-order valence-electron chi connectivity index (χ0n) is 13.4. The largest absolute Gasteiger partial charge is 0.480 e. The molecule has 1 heterocycles. The van der Waals surface area contributed by atoms with E-state index in [1.54, 1.807) is 6.92 Å². The Labute approximate surface area is 135 Å². The number of carboxylic acid groups (broad SMARTS) is 1. The van der Waals surface area contributed by atoms with E-state index in [2.05, 4.69) is 26.3 Å². The number of nitrogens with zero attached hydrogens (tertiary/aromatic N) is 2. The summed E-state index contributed by atoms with van der Waals surface area (Å²) in [6, 6.07) is 0. The predicted octanol–water partition coefficient (Wildman–Crippen LogP) is 3.28. The molecule has 0 amide bonds. The average molecular weight is 360 g/mol. The number of aliphatic carboxylic acids is 1. The molecule has 0 bridgehead atoms. The van der Waals surface area contributed by atoms with Crippen molar-refractivity contribution in [3.05, 3.63) is 15.9 Å². The van der Waals surface area contributed by atoms with Gasteiger partial charge < -0.3 is 10.4 Å². The highest BCUT2D eigenvalue weighted by Crippen LogP contribution is 2.21. The van der Waals surface area contributed by atoms with Gasteiger partial charge in [-0.15, -0.1) is 0 Å². The lowest BCUT2D eigenvalue weighted by molar-refractivity contribution is -0.144. The first-order chi connectivity index (χ1) is 9.81. The molecule has 0 radical (unpaired) electrons. The Kier molecular flexibility index (Phi) is 6.87. The molecule has 120 valence electrons. The van der Waals surface area contributed by atoms with Crippen LogP contribution in [0.2, 0.25) is 0 Å². The molecule has 21 heavy (non-hydrogen) atoms. The average Bonchev–Trinajstić information content (AvgIpc) is 2.68. The van der Waals surface area contributed by atoms with E-state index in [9.17, 15) is 9.90 Å². The molecule has 5 nitrogen and oxygen atoms in total. The summed E-state index contributed by atoms with van der Waals surface area (Å²) in [5.74, 6) is -0.773. The zero-order chi connectivity index (χ0) is 16.0. The van der Waals surface area contributed by atoms with Crippen LogP contribution >= 0.6 is 15.9 Å². The minimum Gasteiger partial charge on any atom is -0.480 e. The number of unbranched alkanes of at least 4 members (excludes halogenated alkanes) is 1. The van der Waals surface area contributed by atoms with E-state index in [0.717, 1.165) is 48.2 Å². The van der Waals surface area contributed by atoms with Crippen molar-refractivity contribution in [2.45, 2.75) is 65.5 Å². The number of carbonyl (C=O) groups is 1. The molecule has 0 saturated heterocycles. The highest BCUT2D eigenvalue weighted by atomic mass is 79.9. The molecule has 1 aromatic heterocycles. The van der Waals surface area contributed by atoms with E-state index in [1.807, 2.05) is 25.5 Å². The minimum atomic E-state index is -0.828. The Morgan fingerprint density at radius 1 is 1.43 bits per heavy atom. The van der Waals surface area contributed by atoms with Gasteiger partial charge in [0.2, 0.25) is 0 Å². The maximum absolute atomic E-state index is 11.4. The Morgan fingerprint density at radius 3 is 2.57 bits per heavy atom. The van der Waals surface area contributed by atoms with Crippen LogP contribution in [0.3, 0.4) is 0 Å². The minimum absolute atomic E-state index is 0.628. The Bertz CT molecular complexity index is 488. The van der Waals surface area contributed by atoms with Gasteiger partial charge in [-0.3, -0.25) is 9.48 Å². The summed E-state index contributed by atoms with van der Waals surface area (Å²) in [7, 11) is 0. The van der Waals surface area contributed by atoms with Crippen LogP contribution in [-0.4, -0.2) is 32.9 Å². The lowest BCUT2D eigenvalue weighted by Gasteiger charge is -2.26. The molecule has 0 fully saturated rings. The fraction of sp³-hybridized carbons (Fsp3) is 0.733. The summed E-state index contributed by atoms with van der Waals surface area (Å²) < 4.78 is 3.04. The van der Waals surface area contributed by atoms with E-state index in [4.69, 9.17) is 0 Å². The normalized spacial score (nSPS) is 14.1. The van der Waals surface area contributed by atoms with Crippen LogP contribution in [0.25, 0.3) is 0 Å². The molecule has 0 aromatic carbocycles. The Hall–Kier alpha value is -0.880. The molecule has 1 rings (SSSR count). The van der Waals surface area contributed by atoms with Crippen molar-refractivity contribution in [1.82, 2.24) is 15.1 Å². The monoisotopic (exact) mass is 359 g/mol. The van der Waals surface area contributed by atoms with Crippen molar-refractivity contribution in [3.8, 4) is 0 Å². The first kappa shape index (κ1) is 18.2. The molecule has 0 saturated carbocycles. The summed E-state index contributed by atoms with van der Waals surface area (Å²) in [5.41, 5.74) is 1.29. The second-order valence-electron chi connectivity index (χ2n) is 5.73. The lowest BCUT2D eigenvalue weighted by atomic mass is 9.94. The highest BCUT2D eigenvalue weighted by molar-refractivity contribution is 9.10. The third kappa shape index (κ3) is 4.81. The summed E-state index contributed by atoms with van der Waals surface area (Å²) in [6.45, 7) is 9.37. The molecule has 6 heteroatoms. The third-order valence-electron chi connectivity index (χ3n) is 3.83. The molecule has 1 aromatic rings. The first-order valence-corrected chi connectivity index (χ1v) is 8.29. The molecular weight excluding hydrogens is 334 g/mol. The van der Waals surface area contributed by atoms with Gasteiger partial charge in [-0.05, 0) is 68.9 Å². The van der Waals surface area contributed by atoms with Crippen LogP contribution < -0.4 is 5.32 Å². The van der Waals surface area contributed by atoms with E-state index in [1.165, 1.54) is 0 Å². The van der Waals surface area contributed by atoms with Crippen LogP contribution in [0.4, 0.5) is 0 Å². The number of carboxylic acids is 1. The van der Waals surface area contributed by atoms with Crippen molar-refractivity contribution in [1.29, 1.82) is 0 Å². The number of rotatable bonds is 9. The number of halogens is 1. The van der Waals surface area contributed by atoms with Crippen molar-refractivity contribution in [2.24, 2.45) is 0 Å². The number of aryl methyl sites for hydroxylation is 2. The SMILES string of the molecule is CCCNC(C)(CCCCn1nc(C)c(Br)c1C)C(=O)O. The van der Waals surface area contributed by atoms with Crippen LogP contribution in [0.5, 0.6) is 0 Å². The standard InChI is InChI=1S/C15H26BrN3O2/c1-5-9-17-15(4,14(20)21)8-6-7-10-19-12(3)13(16)11(2)18-19/h17H,5-10H2,1-4H3,(H,20,21). The number of aromatic nitrogens is 2. The second-order valence-corrected chi connectivity index (χ2v) is 6.52. The summed E-state index contributed by atoms with van der Waals surface area (Å²) >= 11 is 3.52. The van der Waals surface area contributed by atoms with Gasteiger partial charge in [0, 0.05) is 12.2 Å². The number of hydrogen-bond acceptors (Lipinski definition) is 3. The van der Waals surface area contributed by atoms with Crippen LogP contribution in [0.15, 0.2) is 4.47 Å². The first-order valence-electron chi connectivity index (χ1n) is 7.49. The smallest absolute Gasteiger partial charge is 0.323 e. The fourth-order valence-corrected chi connectivity index (χ4v) is 2.59. The summed E-state index contributed by atoms with van der Waals surface area (Å²) in [6.07, 6.45) is 3.34. The van der Waals surface area contributed by atoms with Gasteiger partial charge in [-0.25, -0.2) is 0 Å². The van der Waals surface area contributed by atoms with Crippen LogP contribution in [0.1, 0.15) is 50.9 Å². The second kappa shape index (κ2) is 7.94. The topological polar surface area (TPSA) is 67.2 Å². The van der Waals surface area contributed by atoms with E-state index < -0.39 is 11.5 Å². The van der Waals surface area contributed by atoms with Crippen LogP contribution in [0, 0.1) is 13.8 Å². The van der Waals surface area contributed by atoms with E-state index in [0.29, 0.717) is 6.42 Å². The van der Waals surface area contributed by atoms with Gasteiger partial charge in [0.25, 0.3) is 0 Å². The van der Waals surface area contributed by atoms with Crippen molar-refractivity contribution in [2.75, 3.05) is 6.54 Å². The zero-order valence-corrected chi connectivity index (χ0v) is 15.0. The molecular formula is C15H26BrN3O2. The summed E-state index contributed by atoms with van der Waals surface area (Å²) in [5, 5.41) is 17.0. The Morgan fingerprint density at radius 2 is 2.10 bits per heavy atom.